The number of amides is 1. The number of rotatable bonds is 4. The lowest BCUT2D eigenvalue weighted by atomic mass is 10.1. The van der Waals surface area contributed by atoms with Crippen molar-refractivity contribution in [3.05, 3.63) is 70.2 Å². The molecule has 0 saturated heterocycles. The number of alkyl halides is 3. The van der Waals surface area contributed by atoms with Gasteiger partial charge in [0.15, 0.2) is 0 Å². The first-order valence-corrected chi connectivity index (χ1v) is 7.28. The summed E-state index contributed by atoms with van der Waals surface area (Å²) in [5.74, 6) is -0.274. The topological polar surface area (TPSA) is 20.3 Å². The molecule has 122 valence electrons. The molecular formula is C17H15ClF3NO. The number of nitrogens with zero attached hydrogens (tertiary/aromatic N) is 1. The highest BCUT2D eigenvalue weighted by Crippen LogP contribution is 2.32. The number of carbonyl (C=O) groups is 1. The lowest BCUT2D eigenvalue weighted by Gasteiger charge is -2.20. The van der Waals surface area contributed by atoms with Gasteiger partial charge in [-0.25, -0.2) is 0 Å². The van der Waals surface area contributed by atoms with Gasteiger partial charge in [0, 0.05) is 18.6 Å². The number of hydrogen-bond donors (Lipinski definition) is 0. The van der Waals surface area contributed by atoms with E-state index in [1.165, 1.54) is 30.1 Å². The molecule has 0 aliphatic heterocycles. The Morgan fingerprint density at radius 3 is 2.48 bits per heavy atom. The molecule has 0 bridgehead atoms. The van der Waals surface area contributed by atoms with Crippen molar-refractivity contribution in [1.82, 2.24) is 4.90 Å². The Balaban J connectivity index is 2.10. The zero-order valence-electron chi connectivity index (χ0n) is 12.4. The minimum atomic E-state index is -4.44. The molecule has 2 nitrogen and oxygen atoms in total. The van der Waals surface area contributed by atoms with Crippen LogP contribution in [0.2, 0.25) is 5.02 Å². The first-order chi connectivity index (χ1) is 10.8. The highest BCUT2D eigenvalue weighted by Gasteiger charge is 2.33. The summed E-state index contributed by atoms with van der Waals surface area (Å²) in [5.41, 5.74) is 0.0720. The maximum Gasteiger partial charge on any atom is 0.416 e. The molecule has 0 aliphatic rings. The summed E-state index contributed by atoms with van der Waals surface area (Å²) in [6.45, 7) is -0.102. The minimum absolute atomic E-state index is 0.0712. The number of carbonyl (C=O) groups excluding carboxylic acids is 1. The molecular weight excluding hydrogens is 327 g/mol. The van der Waals surface area contributed by atoms with E-state index in [9.17, 15) is 18.0 Å². The standard InChI is InChI=1S/C17H15ClF3NO/c1-22(16(23)10-12-5-4-7-14(18)9-12)11-13-6-2-3-8-15(13)17(19,20)21/h2-9H,10-11H2,1H3. The molecule has 0 radical (unpaired) electrons. The first kappa shape index (κ1) is 17.3. The molecule has 23 heavy (non-hydrogen) atoms. The lowest BCUT2D eigenvalue weighted by Crippen LogP contribution is -2.28. The van der Waals surface area contributed by atoms with Crippen LogP contribution in [0.4, 0.5) is 13.2 Å². The van der Waals surface area contributed by atoms with Crippen LogP contribution in [0.15, 0.2) is 48.5 Å². The van der Waals surface area contributed by atoms with Crippen molar-refractivity contribution in [3.8, 4) is 0 Å². The van der Waals surface area contributed by atoms with Crippen molar-refractivity contribution >= 4 is 17.5 Å². The molecule has 0 fully saturated rings. The van der Waals surface area contributed by atoms with Crippen molar-refractivity contribution in [1.29, 1.82) is 0 Å². The molecule has 0 unspecified atom stereocenters. The first-order valence-electron chi connectivity index (χ1n) is 6.91. The second-order valence-corrected chi connectivity index (χ2v) is 5.65. The predicted octanol–water partition coefficient (Wildman–Crippen LogP) is 4.56. The molecule has 0 spiro atoms. The van der Waals surface area contributed by atoms with Crippen molar-refractivity contribution in [2.75, 3.05) is 7.05 Å². The average Bonchev–Trinajstić information content (AvgIpc) is 2.46. The van der Waals surface area contributed by atoms with Crippen molar-refractivity contribution in [3.63, 3.8) is 0 Å². The molecule has 2 rings (SSSR count). The van der Waals surface area contributed by atoms with Crippen LogP contribution in [0.1, 0.15) is 16.7 Å². The van der Waals surface area contributed by atoms with Gasteiger partial charge in [-0.2, -0.15) is 13.2 Å². The minimum Gasteiger partial charge on any atom is -0.341 e. The third-order valence-electron chi connectivity index (χ3n) is 3.40. The summed E-state index contributed by atoms with van der Waals surface area (Å²) in [7, 11) is 1.49. The Hall–Kier alpha value is -2.01. The van der Waals surface area contributed by atoms with E-state index in [4.69, 9.17) is 11.6 Å². The fourth-order valence-corrected chi connectivity index (χ4v) is 2.45. The van der Waals surface area contributed by atoms with Crippen molar-refractivity contribution < 1.29 is 18.0 Å². The quantitative estimate of drug-likeness (QED) is 0.798. The van der Waals surface area contributed by atoms with E-state index in [1.807, 2.05) is 0 Å². The zero-order valence-corrected chi connectivity index (χ0v) is 13.2. The molecule has 0 atom stereocenters. The normalized spacial score (nSPS) is 11.3. The monoisotopic (exact) mass is 341 g/mol. The van der Waals surface area contributed by atoms with E-state index >= 15 is 0 Å². The van der Waals surface area contributed by atoms with Gasteiger partial charge in [-0.05, 0) is 29.3 Å². The molecule has 0 aromatic heterocycles. The third-order valence-corrected chi connectivity index (χ3v) is 3.64. The van der Waals surface area contributed by atoms with E-state index in [1.54, 1.807) is 24.3 Å². The Kier molecular flexibility index (Phi) is 5.31. The molecule has 0 heterocycles. The van der Waals surface area contributed by atoms with Gasteiger partial charge in [0.1, 0.15) is 0 Å². The number of likely N-dealkylation sites (N-methyl/N-ethyl adjacent to an activating group) is 1. The smallest absolute Gasteiger partial charge is 0.341 e. The predicted molar refractivity (Wildman–Crippen MR) is 83.1 cm³/mol. The summed E-state index contributed by atoms with van der Waals surface area (Å²) in [5, 5.41) is 0.514. The van der Waals surface area contributed by atoms with Gasteiger partial charge in [0.25, 0.3) is 0 Å². The van der Waals surface area contributed by atoms with Crippen LogP contribution in [0.5, 0.6) is 0 Å². The van der Waals surface area contributed by atoms with E-state index in [2.05, 4.69) is 0 Å². The fourth-order valence-electron chi connectivity index (χ4n) is 2.23. The van der Waals surface area contributed by atoms with Crippen LogP contribution in [-0.4, -0.2) is 17.9 Å². The van der Waals surface area contributed by atoms with Crippen LogP contribution >= 0.6 is 11.6 Å². The molecule has 2 aromatic carbocycles. The summed E-state index contributed by atoms with van der Waals surface area (Å²) < 4.78 is 38.9. The summed E-state index contributed by atoms with van der Waals surface area (Å²) in [6.07, 6.45) is -4.35. The van der Waals surface area contributed by atoms with Crippen LogP contribution in [0.3, 0.4) is 0 Å². The van der Waals surface area contributed by atoms with Crippen LogP contribution in [-0.2, 0) is 23.9 Å². The van der Waals surface area contributed by atoms with Crippen molar-refractivity contribution in [2.24, 2.45) is 0 Å². The van der Waals surface area contributed by atoms with Gasteiger partial charge < -0.3 is 4.90 Å². The Bertz CT molecular complexity index is 700. The van der Waals surface area contributed by atoms with E-state index in [-0.39, 0.29) is 24.4 Å². The second kappa shape index (κ2) is 7.04. The second-order valence-electron chi connectivity index (χ2n) is 5.21. The number of hydrogen-bond acceptors (Lipinski definition) is 1. The Labute approximate surface area is 137 Å². The van der Waals surface area contributed by atoms with E-state index in [0.717, 1.165) is 11.6 Å². The van der Waals surface area contributed by atoms with Crippen LogP contribution in [0.25, 0.3) is 0 Å². The summed E-state index contributed by atoms with van der Waals surface area (Å²) >= 11 is 5.86. The number of halogens is 4. The summed E-state index contributed by atoms with van der Waals surface area (Å²) in [6, 6.07) is 12.1. The maximum atomic E-state index is 13.0. The molecule has 2 aromatic rings. The zero-order chi connectivity index (χ0) is 17.0. The highest BCUT2D eigenvalue weighted by molar-refractivity contribution is 6.30. The molecule has 0 N–H and O–H groups in total. The Morgan fingerprint density at radius 2 is 1.83 bits per heavy atom. The maximum absolute atomic E-state index is 13.0. The van der Waals surface area contributed by atoms with E-state index < -0.39 is 11.7 Å². The van der Waals surface area contributed by atoms with Crippen LogP contribution in [0, 0.1) is 0 Å². The molecule has 1 amide bonds. The van der Waals surface area contributed by atoms with Gasteiger partial charge in [-0.3, -0.25) is 4.79 Å². The van der Waals surface area contributed by atoms with Gasteiger partial charge in [0.05, 0.1) is 12.0 Å². The van der Waals surface area contributed by atoms with Crippen molar-refractivity contribution in [2.45, 2.75) is 19.1 Å². The van der Waals surface area contributed by atoms with Gasteiger partial charge in [-0.15, -0.1) is 0 Å². The highest BCUT2D eigenvalue weighted by atomic mass is 35.5. The number of benzene rings is 2. The van der Waals surface area contributed by atoms with E-state index in [0.29, 0.717) is 5.02 Å². The molecule has 0 saturated carbocycles. The fraction of sp³-hybridized carbons (Fsp3) is 0.235. The molecule has 0 aliphatic carbocycles. The van der Waals surface area contributed by atoms with Gasteiger partial charge in [-0.1, -0.05) is 41.9 Å². The largest absolute Gasteiger partial charge is 0.416 e. The lowest BCUT2D eigenvalue weighted by molar-refractivity contribution is -0.139. The summed E-state index contributed by atoms with van der Waals surface area (Å²) in [4.78, 5) is 13.5. The average molecular weight is 342 g/mol. The third kappa shape index (κ3) is 4.73. The Morgan fingerprint density at radius 1 is 1.13 bits per heavy atom. The van der Waals surface area contributed by atoms with Gasteiger partial charge >= 0.3 is 6.18 Å². The van der Waals surface area contributed by atoms with Gasteiger partial charge in [0.2, 0.25) is 5.91 Å². The SMILES string of the molecule is CN(Cc1ccccc1C(F)(F)F)C(=O)Cc1cccc(Cl)c1. The molecule has 6 heteroatoms. The van der Waals surface area contributed by atoms with Crippen LogP contribution < -0.4 is 0 Å².